The zero-order valence-corrected chi connectivity index (χ0v) is 13.9. The number of hydrogen-bond donors (Lipinski definition) is 2. The number of carbonyl (C=O) groups is 2. The lowest BCUT2D eigenvalue weighted by atomic mass is 10.1. The molecule has 3 rings (SSSR count). The maximum absolute atomic E-state index is 13.0. The summed E-state index contributed by atoms with van der Waals surface area (Å²) in [6.07, 6.45) is 0. The summed E-state index contributed by atoms with van der Waals surface area (Å²) in [5, 5.41) is 15.8. The summed E-state index contributed by atoms with van der Waals surface area (Å²) < 4.78 is 14.6. The first-order valence-corrected chi connectivity index (χ1v) is 7.84. The van der Waals surface area contributed by atoms with Gasteiger partial charge in [-0.2, -0.15) is 5.10 Å². The second-order valence-electron chi connectivity index (χ2n) is 5.73. The van der Waals surface area contributed by atoms with Crippen LogP contribution in [0.25, 0.3) is 11.3 Å². The smallest absolute Gasteiger partial charge is 0.335 e. The first-order valence-electron chi connectivity index (χ1n) is 7.84. The van der Waals surface area contributed by atoms with E-state index in [0.717, 1.165) is 11.1 Å². The Morgan fingerprint density at radius 3 is 2.38 bits per heavy atom. The lowest BCUT2D eigenvalue weighted by molar-refractivity contribution is 0.0696. The number of aromatic nitrogens is 2. The third kappa shape index (κ3) is 3.77. The zero-order chi connectivity index (χ0) is 18.7. The molecule has 1 heterocycles. The van der Waals surface area contributed by atoms with E-state index in [2.05, 4.69) is 10.4 Å². The van der Waals surface area contributed by atoms with Crippen LogP contribution in [0.15, 0.2) is 54.6 Å². The number of carbonyl (C=O) groups excluding carboxylic acids is 1. The fourth-order valence-corrected chi connectivity index (χ4v) is 2.51. The molecule has 2 aromatic carbocycles. The van der Waals surface area contributed by atoms with Crippen LogP contribution in [-0.4, -0.2) is 26.8 Å². The molecule has 7 heteroatoms. The van der Waals surface area contributed by atoms with Crippen molar-refractivity contribution in [1.29, 1.82) is 0 Å². The molecule has 0 radical (unpaired) electrons. The molecule has 1 amide bonds. The quantitative estimate of drug-likeness (QED) is 0.739. The van der Waals surface area contributed by atoms with Crippen molar-refractivity contribution in [1.82, 2.24) is 15.1 Å². The number of nitrogens with one attached hydrogen (secondary N) is 1. The van der Waals surface area contributed by atoms with Gasteiger partial charge in [-0.15, -0.1) is 0 Å². The van der Waals surface area contributed by atoms with Crippen LogP contribution in [-0.2, 0) is 13.6 Å². The summed E-state index contributed by atoms with van der Waals surface area (Å²) in [4.78, 5) is 23.1. The van der Waals surface area contributed by atoms with Crippen LogP contribution in [0.5, 0.6) is 0 Å². The summed E-state index contributed by atoms with van der Waals surface area (Å²) in [5.74, 6) is -1.68. The molecule has 0 saturated carbocycles. The second kappa shape index (κ2) is 7.18. The van der Waals surface area contributed by atoms with Gasteiger partial charge in [-0.05, 0) is 53.6 Å². The second-order valence-corrected chi connectivity index (χ2v) is 5.73. The minimum Gasteiger partial charge on any atom is -0.478 e. The number of nitrogens with zero attached hydrogens (tertiary/aromatic N) is 2. The molecule has 1 aromatic heterocycles. The van der Waals surface area contributed by atoms with Gasteiger partial charge < -0.3 is 10.4 Å². The van der Waals surface area contributed by atoms with Gasteiger partial charge in [0.15, 0.2) is 5.69 Å². The van der Waals surface area contributed by atoms with Crippen molar-refractivity contribution in [2.24, 2.45) is 7.05 Å². The van der Waals surface area contributed by atoms with Crippen molar-refractivity contribution < 1.29 is 19.1 Å². The van der Waals surface area contributed by atoms with Crippen LogP contribution in [0.3, 0.4) is 0 Å². The minimum absolute atomic E-state index is 0.189. The molecule has 3 aromatic rings. The lowest BCUT2D eigenvalue weighted by Gasteiger charge is -2.04. The van der Waals surface area contributed by atoms with Crippen molar-refractivity contribution in [3.8, 4) is 11.3 Å². The molecule has 0 saturated heterocycles. The average Bonchev–Trinajstić information content (AvgIpc) is 3.02. The molecule has 6 nitrogen and oxygen atoms in total. The van der Waals surface area contributed by atoms with Gasteiger partial charge in [-0.3, -0.25) is 9.48 Å². The van der Waals surface area contributed by atoms with E-state index in [1.54, 1.807) is 42.1 Å². The first-order chi connectivity index (χ1) is 12.4. The molecule has 26 heavy (non-hydrogen) atoms. The van der Waals surface area contributed by atoms with Gasteiger partial charge in [0.05, 0.1) is 11.3 Å². The highest BCUT2D eigenvalue weighted by Gasteiger charge is 2.14. The molecule has 0 fully saturated rings. The standard InChI is InChI=1S/C19H16FN3O3/c1-23-17(13-6-8-15(20)9-7-13)10-16(22-23)18(24)21-11-12-2-4-14(5-3-12)19(25)26/h2-10H,11H2,1H3,(H,21,24)(H,25,26). The highest BCUT2D eigenvalue weighted by molar-refractivity contribution is 5.93. The predicted molar refractivity (Wildman–Crippen MR) is 93.2 cm³/mol. The van der Waals surface area contributed by atoms with Crippen molar-refractivity contribution >= 4 is 11.9 Å². The van der Waals surface area contributed by atoms with E-state index >= 15 is 0 Å². The number of rotatable bonds is 5. The SMILES string of the molecule is Cn1nc(C(=O)NCc2ccc(C(=O)O)cc2)cc1-c1ccc(F)cc1. The van der Waals surface area contributed by atoms with Crippen molar-refractivity contribution in [2.45, 2.75) is 6.54 Å². The molecule has 0 unspecified atom stereocenters. The maximum Gasteiger partial charge on any atom is 0.335 e. The van der Waals surface area contributed by atoms with E-state index in [4.69, 9.17) is 5.11 Å². The molecule has 2 N–H and O–H groups in total. The molecule has 0 aliphatic carbocycles. The molecule has 0 spiro atoms. The van der Waals surface area contributed by atoms with Gasteiger partial charge in [-0.25, -0.2) is 9.18 Å². The Balaban J connectivity index is 1.69. The largest absolute Gasteiger partial charge is 0.478 e. The van der Waals surface area contributed by atoms with E-state index in [1.165, 1.54) is 24.3 Å². The van der Waals surface area contributed by atoms with Gasteiger partial charge in [0.25, 0.3) is 5.91 Å². The van der Waals surface area contributed by atoms with Crippen LogP contribution in [0.1, 0.15) is 26.4 Å². The third-order valence-electron chi connectivity index (χ3n) is 3.91. The fourth-order valence-electron chi connectivity index (χ4n) is 2.51. The predicted octanol–water partition coefficient (Wildman–Crippen LogP) is 2.85. The number of benzene rings is 2. The molecule has 0 bridgehead atoms. The van der Waals surface area contributed by atoms with Crippen LogP contribution in [0, 0.1) is 5.82 Å². The van der Waals surface area contributed by atoms with Crippen molar-refractivity contribution in [3.63, 3.8) is 0 Å². The molecule has 0 atom stereocenters. The summed E-state index contributed by atoms with van der Waals surface area (Å²) >= 11 is 0. The fraction of sp³-hybridized carbons (Fsp3) is 0.105. The molecule has 132 valence electrons. The summed E-state index contributed by atoms with van der Waals surface area (Å²) in [7, 11) is 1.71. The van der Waals surface area contributed by atoms with Crippen LogP contribution in [0.4, 0.5) is 4.39 Å². The number of carboxylic acids is 1. The average molecular weight is 353 g/mol. The molecular formula is C19H16FN3O3. The maximum atomic E-state index is 13.0. The van der Waals surface area contributed by atoms with Crippen LogP contribution >= 0.6 is 0 Å². The summed E-state index contributed by atoms with van der Waals surface area (Å²) in [6.45, 7) is 0.251. The van der Waals surface area contributed by atoms with Gasteiger partial charge in [0.2, 0.25) is 0 Å². The Hall–Kier alpha value is -3.48. The first kappa shape index (κ1) is 17.3. The van der Waals surface area contributed by atoms with Crippen LogP contribution in [0.2, 0.25) is 0 Å². The lowest BCUT2D eigenvalue weighted by Crippen LogP contribution is -2.23. The Morgan fingerprint density at radius 2 is 1.77 bits per heavy atom. The summed E-state index contributed by atoms with van der Waals surface area (Å²) in [6, 6.07) is 13.8. The van der Waals surface area contributed by atoms with E-state index in [-0.39, 0.29) is 29.5 Å². The van der Waals surface area contributed by atoms with Crippen LogP contribution < -0.4 is 5.32 Å². The Morgan fingerprint density at radius 1 is 1.12 bits per heavy atom. The van der Waals surface area contributed by atoms with E-state index in [1.807, 2.05) is 0 Å². The van der Waals surface area contributed by atoms with Gasteiger partial charge in [-0.1, -0.05) is 12.1 Å². The van der Waals surface area contributed by atoms with E-state index in [9.17, 15) is 14.0 Å². The number of amides is 1. The number of aryl methyl sites for hydroxylation is 1. The van der Waals surface area contributed by atoms with Crippen molar-refractivity contribution in [3.05, 3.63) is 77.2 Å². The summed E-state index contributed by atoms with van der Waals surface area (Å²) in [5.41, 5.74) is 2.66. The van der Waals surface area contributed by atoms with E-state index in [0.29, 0.717) is 5.69 Å². The highest BCUT2D eigenvalue weighted by atomic mass is 19.1. The molecular weight excluding hydrogens is 337 g/mol. The van der Waals surface area contributed by atoms with Gasteiger partial charge >= 0.3 is 5.97 Å². The Kier molecular flexibility index (Phi) is 4.79. The van der Waals surface area contributed by atoms with Crippen molar-refractivity contribution in [2.75, 3.05) is 0 Å². The number of halogens is 1. The monoisotopic (exact) mass is 353 g/mol. The zero-order valence-electron chi connectivity index (χ0n) is 13.9. The Bertz CT molecular complexity index is 947. The van der Waals surface area contributed by atoms with Gasteiger partial charge in [0.1, 0.15) is 5.82 Å². The van der Waals surface area contributed by atoms with E-state index < -0.39 is 5.97 Å². The highest BCUT2D eigenvalue weighted by Crippen LogP contribution is 2.20. The number of aromatic carboxylic acids is 1. The number of hydrogen-bond acceptors (Lipinski definition) is 3. The Labute approximate surface area is 148 Å². The third-order valence-corrected chi connectivity index (χ3v) is 3.91. The number of carboxylic acid groups (broad SMARTS) is 1. The molecule has 0 aliphatic heterocycles. The minimum atomic E-state index is -0.998. The normalized spacial score (nSPS) is 10.5. The topological polar surface area (TPSA) is 84.2 Å². The molecule has 0 aliphatic rings. The van der Waals surface area contributed by atoms with Gasteiger partial charge in [0, 0.05) is 13.6 Å².